The van der Waals surface area contributed by atoms with Crippen LogP contribution in [0.4, 0.5) is 19.3 Å². The molecule has 98 valence electrons. The van der Waals surface area contributed by atoms with E-state index in [1.54, 1.807) is 0 Å². The van der Waals surface area contributed by atoms with Crippen LogP contribution in [0.1, 0.15) is 25.7 Å². The van der Waals surface area contributed by atoms with Crippen molar-refractivity contribution in [2.75, 3.05) is 5.32 Å². The lowest BCUT2D eigenvalue weighted by Crippen LogP contribution is -2.36. The van der Waals surface area contributed by atoms with Gasteiger partial charge >= 0.3 is 6.03 Å². The van der Waals surface area contributed by atoms with Gasteiger partial charge < -0.3 is 10.6 Å². The first kappa shape index (κ1) is 13.3. The van der Waals surface area contributed by atoms with Crippen molar-refractivity contribution >= 4 is 27.6 Å². The molecule has 2 rings (SSSR count). The van der Waals surface area contributed by atoms with Crippen molar-refractivity contribution in [2.45, 2.75) is 31.7 Å². The van der Waals surface area contributed by atoms with E-state index in [9.17, 15) is 13.6 Å². The van der Waals surface area contributed by atoms with E-state index in [1.807, 2.05) is 0 Å². The van der Waals surface area contributed by atoms with Crippen LogP contribution in [0.2, 0.25) is 0 Å². The van der Waals surface area contributed by atoms with Gasteiger partial charge in [-0.05, 0) is 34.8 Å². The summed E-state index contributed by atoms with van der Waals surface area (Å²) >= 11 is 2.94. The van der Waals surface area contributed by atoms with Gasteiger partial charge in [0.15, 0.2) is 0 Å². The molecule has 6 heteroatoms. The summed E-state index contributed by atoms with van der Waals surface area (Å²) in [5.74, 6) is -1.49. The molecule has 0 unspecified atom stereocenters. The molecule has 2 N–H and O–H groups in total. The number of carbonyl (C=O) groups is 1. The maximum atomic E-state index is 13.4. The summed E-state index contributed by atoms with van der Waals surface area (Å²) in [6.07, 6.45) is 4.09. The highest BCUT2D eigenvalue weighted by molar-refractivity contribution is 9.10. The van der Waals surface area contributed by atoms with Crippen molar-refractivity contribution < 1.29 is 13.6 Å². The van der Waals surface area contributed by atoms with Crippen LogP contribution in [0.15, 0.2) is 16.6 Å². The zero-order valence-electron chi connectivity index (χ0n) is 9.60. The topological polar surface area (TPSA) is 41.1 Å². The van der Waals surface area contributed by atoms with Gasteiger partial charge in [-0.3, -0.25) is 0 Å². The molecule has 1 aliphatic rings. The molecular weight excluding hydrogens is 306 g/mol. The summed E-state index contributed by atoms with van der Waals surface area (Å²) in [7, 11) is 0. The fourth-order valence-electron chi connectivity index (χ4n) is 2.03. The van der Waals surface area contributed by atoms with E-state index >= 15 is 0 Å². The minimum absolute atomic E-state index is 0.0428. The van der Waals surface area contributed by atoms with Gasteiger partial charge in [-0.15, -0.1) is 0 Å². The molecule has 1 aromatic carbocycles. The number of halogens is 3. The zero-order valence-corrected chi connectivity index (χ0v) is 11.2. The van der Waals surface area contributed by atoms with Crippen molar-refractivity contribution in [1.82, 2.24) is 5.32 Å². The second-order valence-corrected chi connectivity index (χ2v) is 5.18. The van der Waals surface area contributed by atoms with Crippen molar-refractivity contribution in [2.24, 2.45) is 0 Å². The second-order valence-electron chi connectivity index (χ2n) is 4.33. The highest BCUT2D eigenvalue weighted by Crippen LogP contribution is 2.24. The molecule has 18 heavy (non-hydrogen) atoms. The van der Waals surface area contributed by atoms with E-state index in [4.69, 9.17) is 0 Å². The van der Waals surface area contributed by atoms with E-state index < -0.39 is 17.7 Å². The minimum Gasteiger partial charge on any atom is -0.335 e. The number of urea groups is 1. The largest absolute Gasteiger partial charge is 0.335 e. The molecule has 2 amide bonds. The van der Waals surface area contributed by atoms with Crippen molar-refractivity contribution in [3.63, 3.8) is 0 Å². The molecule has 0 atom stereocenters. The molecule has 0 bridgehead atoms. The average molecular weight is 319 g/mol. The maximum Gasteiger partial charge on any atom is 0.319 e. The van der Waals surface area contributed by atoms with Crippen LogP contribution < -0.4 is 10.6 Å². The number of rotatable bonds is 2. The average Bonchev–Trinajstić information content (AvgIpc) is 2.78. The Labute approximate surface area is 112 Å². The fraction of sp³-hybridized carbons (Fsp3) is 0.417. The number of anilines is 1. The van der Waals surface area contributed by atoms with Crippen LogP contribution in [0, 0.1) is 11.6 Å². The molecule has 1 saturated carbocycles. The number of hydrogen-bond acceptors (Lipinski definition) is 1. The summed E-state index contributed by atoms with van der Waals surface area (Å²) in [5, 5.41) is 5.15. The Morgan fingerprint density at radius 2 is 1.89 bits per heavy atom. The summed E-state index contributed by atoms with van der Waals surface area (Å²) in [6, 6.07) is 1.63. The maximum absolute atomic E-state index is 13.4. The Hall–Kier alpha value is -1.17. The standard InChI is InChI=1S/C12H13BrF2N2O/c13-8-5-11(10(15)6-9(8)14)17-12(18)16-7-3-1-2-4-7/h5-7H,1-4H2,(H2,16,17,18). The number of amides is 2. The number of nitrogens with one attached hydrogen (secondary N) is 2. The first-order chi connectivity index (χ1) is 8.56. The quantitative estimate of drug-likeness (QED) is 0.800. The van der Waals surface area contributed by atoms with Crippen molar-refractivity contribution in [3.8, 4) is 0 Å². The highest BCUT2D eigenvalue weighted by Gasteiger charge is 2.18. The molecular formula is C12H13BrF2N2O. The smallest absolute Gasteiger partial charge is 0.319 e. The zero-order chi connectivity index (χ0) is 13.1. The monoisotopic (exact) mass is 318 g/mol. The third-order valence-electron chi connectivity index (χ3n) is 2.95. The Morgan fingerprint density at radius 1 is 1.22 bits per heavy atom. The van der Waals surface area contributed by atoms with Gasteiger partial charge in [0.2, 0.25) is 0 Å². The normalized spacial score (nSPS) is 15.7. The fourth-order valence-corrected chi connectivity index (χ4v) is 2.38. The van der Waals surface area contributed by atoms with Crippen molar-refractivity contribution in [3.05, 3.63) is 28.2 Å². The Morgan fingerprint density at radius 3 is 2.56 bits per heavy atom. The van der Waals surface area contributed by atoms with E-state index in [0.29, 0.717) is 0 Å². The van der Waals surface area contributed by atoms with E-state index in [1.165, 1.54) is 6.07 Å². The Balaban J connectivity index is 2.00. The minimum atomic E-state index is -0.794. The molecule has 1 fully saturated rings. The van der Waals surface area contributed by atoms with E-state index in [0.717, 1.165) is 31.7 Å². The Bertz CT molecular complexity index is 462. The molecule has 0 aromatic heterocycles. The van der Waals surface area contributed by atoms with Gasteiger partial charge in [0.05, 0.1) is 10.2 Å². The Kier molecular flexibility index (Phi) is 4.16. The summed E-state index contributed by atoms with van der Waals surface area (Å²) < 4.78 is 26.5. The van der Waals surface area contributed by atoms with E-state index in [2.05, 4.69) is 26.6 Å². The van der Waals surface area contributed by atoms with Crippen LogP contribution in [-0.4, -0.2) is 12.1 Å². The number of carbonyl (C=O) groups excluding carboxylic acids is 1. The summed E-state index contributed by atoms with van der Waals surface area (Å²) in [6.45, 7) is 0. The van der Waals surface area contributed by atoms with Gasteiger partial charge in [-0.25, -0.2) is 13.6 Å². The van der Waals surface area contributed by atoms with Gasteiger partial charge in [0.1, 0.15) is 11.6 Å². The molecule has 0 saturated heterocycles. The summed E-state index contributed by atoms with van der Waals surface area (Å²) in [5.41, 5.74) is -0.0428. The first-order valence-corrected chi connectivity index (χ1v) is 6.57. The molecule has 3 nitrogen and oxygen atoms in total. The van der Waals surface area contributed by atoms with Gasteiger partial charge in [0.25, 0.3) is 0 Å². The molecule has 0 heterocycles. The SMILES string of the molecule is O=C(Nc1cc(Br)c(F)cc1F)NC1CCCC1. The molecule has 0 spiro atoms. The number of benzene rings is 1. The predicted octanol–water partition coefficient (Wildman–Crippen LogP) is 3.79. The lowest BCUT2D eigenvalue weighted by atomic mass is 10.2. The number of hydrogen-bond donors (Lipinski definition) is 2. The van der Waals surface area contributed by atoms with E-state index in [-0.39, 0.29) is 16.2 Å². The van der Waals surface area contributed by atoms with Crippen LogP contribution in [0.5, 0.6) is 0 Å². The van der Waals surface area contributed by atoms with Crippen LogP contribution in [0.3, 0.4) is 0 Å². The van der Waals surface area contributed by atoms with Gasteiger partial charge in [-0.2, -0.15) is 0 Å². The second kappa shape index (κ2) is 5.65. The molecule has 1 aromatic rings. The highest BCUT2D eigenvalue weighted by atomic mass is 79.9. The third kappa shape index (κ3) is 3.19. The van der Waals surface area contributed by atoms with Gasteiger partial charge in [-0.1, -0.05) is 12.8 Å². The molecule has 0 aliphatic heterocycles. The van der Waals surface area contributed by atoms with Gasteiger partial charge in [0, 0.05) is 12.1 Å². The van der Waals surface area contributed by atoms with Crippen LogP contribution in [-0.2, 0) is 0 Å². The molecule has 1 aliphatic carbocycles. The van der Waals surface area contributed by atoms with Crippen LogP contribution >= 0.6 is 15.9 Å². The first-order valence-electron chi connectivity index (χ1n) is 5.78. The van der Waals surface area contributed by atoms with Crippen LogP contribution in [0.25, 0.3) is 0 Å². The third-order valence-corrected chi connectivity index (χ3v) is 3.56. The summed E-state index contributed by atoms with van der Waals surface area (Å²) in [4.78, 5) is 11.6. The molecule has 0 radical (unpaired) electrons. The lowest BCUT2D eigenvalue weighted by molar-refractivity contribution is 0.248. The predicted molar refractivity (Wildman–Crippen MR) is 68.5 cm³/mol. The van der Waals surface area contributed by atoms with Crippen molar-refractivity contribution in [1.29, 1.82) is 0 Å². The lowest BCUT2D eigenvalue weighted by Gasteiger charge is -2.13.